The lowest BCUT2D eigenvalue weighted by molar-refractivity contribution is -0.384. The number of amides is 2. The predicted molar refractivity (Wildman–Crippen MR) is 121 cm³/mol. The van der Waals surface area contributed by atoms with Gasteiger partial charge in [-0.2, -0.15) is 4.98 Å². The molecule has 2 fully saturated rings. The monoisotopic (exact) mass is 494 g/mol. The molecule has 0 radical (unpaired) electrons. The zero-order chi connectivity index (χ0) is 23.7. The summed E-state index contributed by atoms with van der Waals surface area (Å²) in [7, 11) is 0. The number of hydrogen-bond donors (Lipinski definition) is 3. The molecule has 5 atom stereocenters. The Balaban J connectivity index is 1.41. The molecule has 174 valence electrons. The Kier molecular flexibility index (Phi) is 6.66. The van der Waals surface area contributed by atoms with E-state index in [-0.39, 0.29) is 45.5 Å². The maximum atomic E-state index is 14.2. The molecule has 33 heavy (non-hydrogen) atoms. The molecule has 0 spiro atoms. The molecule has 4 N–H and O–H groups in total. The third-order valence-corrected chi connectivity index (χ3v) is 7.64. The molecule has 2 aliphatic rings. The van der Waals surface area contributed by atoms with Crippen LogP contribution in [0.5, 0.6) is 0 Å². The van der Waals surface area contributed by atoms with E-state index in [1.54, 1.807) is 6.07 Å². The highest BCUT2D eigenvalue weighted by Gasteiger charge is 2.55. The highest BCUT2D eigenvalue weighted by Crippen LogP contribution is 2.53. The van der Waals surface area contributed by atoms with Crippen molar-refractivity contribution in [2.24, 2.45) is 23.5 Å². The summed E-state index contributed by atoms with van der Waals surface area (Å²) in [6, 6.07) is 5.26. The van der Waals surface area contributed by atoms with E-state index in [0.717, 1.165) is 12.6 Å². The second-order valence-corrected chi connectivity index (χ2v) is 9.60. The van der Waals surface area contributed by atoms with Crippen LogP contribution in [-0.2, 0) is 9.59 Å². The zero-order valence-corrected chi connectivity index (χ0v) is 18.7. The standard InChI is InChI=1S/C20H20ClFN6O4S/c21-20-24-7-13(22)19(27-20)26-17-12-4-9(16(17)18(23)30)5-14(12)33-8-15(29)25-10-2-1-3-11(6-10)28(31)32/h1-3,6-7,9,12,14,16-17H,4-5,8H2,(H2,23,30)(H,25,29)(H,24,26,27)/t9-,12+,14+,16-,17+/m0/s1. The molecule has 2 saturated carbocycles. The number of primary amides is 1. The molecule has 10 nitrogen and oxygen atoms in total. The van der Waals surface area contributed by atoms with E-state index in [1.807, 2.05) is 0 Å². The number of fused-ring (bicyclic) bond motifs is 2. The molecular formula is C20H20ClFN6O4S. The molecule has 13 heteroatoms. The van der Waals surface area contributed by atoms with Crippen molar-refractivity contribution in [1.29, 1.82) is 0 Å². The van der Waals surface area contributed by atoms with Gasteiger partial charge in [-0.15, -0.1) is 11.8 Å². The molecule has 0 saturated heterocycles. The van der Waals surface area contributed by atoms with Gasteiger partial charge in [-0.1, -0.05) is 6.07 Å². The van der Waals surface area contributed by atoms with Gasteiger partial charge in [0.1, 0.15) is 0 Å². The number of nitrogens with two attached hydrogens (primary N) is 1. The van der Waals surface area contributed by atoms with E-state index in [0.29, 0.717) is 12.1 Å². The number of carbonyl (C=O) groups is 2. The number of anilines is 2. The average Bonchev–Trinajstić information content (AvgIpc) is 3.33. The van der Waals surface area contributed by atoms with Crippen molar-refractivity contribution in [1.82, 2.24) is 9.97 Å². The number of nitrogens with one attached hydrogen (secondary N) is 2. The van der Waals surface area contributed by atoms with Gasteiger partial charge >= 0.3 is 0 Å². The maximum Gasteiger partial charge on any atom is 0.271 e. The van der Waals surface area contributed by atoms with Gasteiger partial charge < -0.3 is 16.4 Å². The highest BCUT2D eigenvalue weighted by atomic mass is 35.5. The van der Waals surface area contributed by atoms with Crippen LogP contribution in [0.3, 0.4) is 0 Å². The van der Waals surface area contributed by atoms with Crippen LogP contribution in [0.15, 0.2) is 30.5 Å². The van der Waals surface area contributed by atoms with Gasteiger partial charge in [0.25, 0.3) is 5.69 Å². The SMILES string of the molecule is NC(=O)[C@H]1[C@H]2C[C@@H]([C@H]1Nc1nc(Cl)ncc1F)[C@H](SCC(=O)Nc1cccc([N+](=O)[O-])c1)C2. The Hall–Kier alpha value is -2.99. The van der Waals surface area contributed by atoms with Gasteiger partial charge in [0.15, 0.2) is 11.6 Å². The van der Waals surface area contributed by atoms with Crippen LogP contribution < -0.4 is 16.4 Å². The minimum absolute atomic E-state index is 0.0164. The van der Waals surface area contributed by atoms with Gasteiger partial charge in [-0.3, -0.25) is 19.7 Å². The number of hydrogen-bond acceptors (Lipinski definition) is 8. The molecule has 0 aliphatic heterocycles. The van der Waals surface area contributed by atoms with Crippen LogP contribution >= 0.6 is 23.4 Å². The van der Waals surface area contributed by atoms with Crippen LogP contribution in [0.1, 0.15) is 12.8 Å². The maximum absolute atomic E-state index is 14.2. The van der Waals surface area contributed by atoms with Crippen molar-refractivity contribution in [3.8, 4) is 0 Å². The summed E-state index contributed by atoms with van der Waals surface area (Å²) in [5, 5.41) is 16.5. The van der Waals surface area contributed by atoms with Crippen LogP contribution in [0, 0.1) is 33.7 Å². The minimum Gasteiger partial charge on any atom is -0.369 e. The fraction of sp³-hybridized carbons (Fsp3) is 0.400. The summed E-state index contributed by atoms with van der Waals surface area (Å²) in [5.74, 6) is -1.92. The Morgan fingerprint density at radius 1 is 1.36 bits per heavy atom. The molecule has 2 aromatic rings. The smallest absolute Gasteiger partial charge is 0.271 e. The molecule has 2 aliphatic carbocycles. The quantitative estimate of drug-likeness (QED) is 0.287. The topological polar surface area (TPSA) is 153 Å². The normalized spacial score (nSPS) is 25.6. The molecule has 4 rings (SSSR count). The number of nitro groups is 1. The van der Waals surface area contributed by atoms with Crippen LogP contribution in [-0.4, -0.2) is 43.8 Å². The third-order valence-electron chi connectivity index (χ3n) is 6.06. The van der Waals surface area contributed by atoms with Gasteiger partial charge in [0.2, 0.25) is 17.1 Å². The van der Waals surface area contributed by atoms with Crippen molar-refractivity contribution in [3.05, 3.63) is 51.7 Å². The van der Waals surface area contributed by atoms with Crippen molar-refractivity contribution in [2.45, 2.75) is 24.1 Å². The number of carbonyl (C=O) groups excluding carboxylic acids is 2. The number of thioether (sulfide) groups is 1. The van der Waals surface area contributed by atoms with Crippen molar-refractivity contribution >= 4 is 52.4 Å². The Bertz CT molecular complexity index is 1110. The van der Waals surface area contributed by atoms with E-state index in [9.17, 15) is 24.1 Å². The van der Waals surface area contributed by atoms with E-state index in [1.165, 1.54) is 30.0 Å². The number of non-ortho nitro benzene ring substituents is 1. The van der Waals surface area contributed by atoms with Gasteiger partial charge in [-0.25, -0.2) is 9.37 Å². The third kappa shape index (κ3) is 5.01. The Morgan fingerprint density at radius 3 is 2.88 bits per heavy atom. The molecule has 1 heterocycles. The first-order chi connectivity index (χ1) is 15.7. The summed E-state index contributed by atoms with van der Waals surface area (Å²) in [6.07, 6.45) is 2.38. The summed E-state index contributed by atoms with van der Waals surface area (Å²) in [5.41, 5.74) is 5.86. The van der Waals surface area contributed by atoms with E-state index in [4.69, 9.17) is 17.3 Å². The van der Waals surface area contributed by atoms with Gasteiger partial charge in [-0.05, 0) is 42.3 Å². The lowest BCUT2D eigenvalue weighted by Gasteiger charge is -2.34. The average molecular weight is 495 g/mol. The lowest BCUT2D eigenvalue weighted by Crippen LogP contribution is -2.46. The fourth-order valence-electron chi connectivity index (χ4n) is 4.78. The summed E-state index contributed by atoms with van der Waals surface area (Å²) >= 11 is 7.21. The van der Waals surface area contributed by atoms with Crippen molar-refractivity contribution < 1.29 is 18.9 Å². The fourth-order valence-corrected chi connectivity index (χ4v) is 6.26. The summed E-state index contributed by atoms with van der Waals surface area (Å²) in [4.78, 5) is 42.4. The highest BCUT2D eigenvalue weighted by molar-refractivity contribution is 8.00. The van der Waals surface area contributed by atoms with Crippen LogP contribution in [0.2, 0.25) is 5.28 Å². The largest absolute Gasteiger partial charge is 0.369 e. The molecule has 2 bridgehead atoms. The second kappa shape index (κ2) is 9.48. The Morgan fingerprint density at radius 2 is 2.15 bits per heavy atom. The Labute approximate surface area is 197 Å². The molecule has 1 aromatic carbocycles. The molecule has 2 amide bonds. The van der Waals surface area contributed by atoms with Crippen LogP contribution in [0.25, 0.3) is 0 Å². The van der Waals surface area contributed by atoms with E-state index < -0.39 is 28.6 Å². The zero-order valence-electron chi connectivity index (χ0n) is 17.1. The first-order valence-electron chi connectivity index (χ1n) is 10.1. The molecule has 0 unspecified atom stereocenters. The molecular weight excluding hydrogens is 475 g/mol. The van der Waals surface area contributed by atoms with Gasteiger partial charge in [0.05, 0.1) is 22.8 Å². The number of nitrogens with zero attached hydrogens (tertiary/aromatic N) is 3. The number of benzene rings is 1. The second-order valence-electron chi connectivity index (χ2n) is 8.03. The summed E-state index contributed by atoms with van der Waals surface area (Å²) < 4.78 is 14.2. The van der Waals surface area contributed by atoms with E-state index >= 15 is 0 Å². The first-order valence-corrected chi connectivity index (χ1v) is 11.6. The summed E-state index contributed by atoms with van der Waals surface area (Å²) in [6.45, 7) is 0. The predicted octanol–water partition coefficient (Wildman–Crippen LogP) is 2.84. The lowest BCUT2D eigenvalue weighted by atomic mass is 9.83. The molecule has 1 aromatic heterocycles. The van der Waals surface area contributed by atoms with E-state index in [2.05, 4.69) is 20.6 Å². The number of aromatic nitrogens is 2. The van der Waals surface area contributed by atoms with Crippen LogP contribution in [0.4, 0.5) is 21.6 Å². The number of nitro benzene ring substituents is 1. The van der Waals surface area contributed by atoms with Crippen molar-refractivity contribution in [2.75, 3.05) is 16.4 Å². The minimum atomic E-state index is -0.689. The number of rotatable bonds is 8. The van der Waals surface area contributed by atoms with Crippen molar-refractivity contribution in [3.63, 3.8) is 0 Å². The number of halogens is 2. The van der Waals surface area contributed by atoms with Gasteiger partial charge in [0, 0.05) is 29.1 Å². The first kappa shape index (κ1) is 23.2.